The summed E-state index contributed by atoms with van der Waals surface area (Å²) in [6.45, 7) is 3.24. The molecule has 0 spiro atoms. The molecular weight excluding hydrogens is 118 g/mol. The van der Waals surface area contributed by atoms with Gasteiger partial charge in [-0.1, -0.05) is 12.7 Å². The fourth-order valence-electron chi connectivity index (χ4n) is 0.274. The molecule has 0 saturated heterocycles. The predicted octanol–water partition coefficient (Wildman–Crippen LogP) is 0.707. The van der Waals surface area contributed by atoms with Crippen molar-refractivity contribution in [3.63, 3.8) is 0 Å². The summed E-state index contributed by atoms with van der Waals surface area (Å²) in [7, 11) is 0. The third kappa shape index (κ3) is 2.29. The third-order valence-electron chi connectivity index (χ3n) is 0.635. The Labute approximate surface area is 52.5 Å². The summed E-state index contributed by atoms with van der Waals surface area (Å²) in [5.41, 5.74) is -0.301. The summed E-state index contributed by atoms with van der Waals surface area (Å²) in [5, 5.41) is 16.2. The van der Waals surface area contributed by atoms with E-state index in [9.17, 15) is 4.79 Å². The molecule has 0 fully saturated rings. The first-order valence-corrected chi connectivity index (χ1v) is 2.18. The van der Waals surface area contributed by atoms with Crippen LogP contribution in [0.2, 0.25) is 0 Å². The molecule has 0 aliphatic rings. The highest BCUT2D eigenvalue weighted by Crippen LogP contribution is 1.90. The highest BCUT2D eigenvalue weighted by molar-refractivity contribution is 5.91. The van der Waals surface area contributed by atoms with Crippen molar-refractivity contribution in [1.82, 2.24) is 0 Å². The van der Waals surface area contributed by atoms with Crippen molar-refractivity contribution < 1.29 is 9.90 Å². The highest BCUT2D eigenvalue weighted by Gasteiger charge is 2.01. The lowest BCUT2D eigenvalue weighted by Crippen LogP contribution is -1.96. The van der Waals surface area contributed by atoms with Crippen LogP contribution in [-0.2, 0) is 4.79 Å². The van der Waals surface area contributed by atoms with E-state index in [1.54, 1.807) is 0 Å². The number of nitrogens with zero attached hydrogens (tertiary/aromatic N) is 1. The van der Waals surface area contributed by atoms with Gasteiger partial charge >= 0.3 is 5.97 Å². The predicted molar refractivity (Wildman–Crippen MR) is 31.5 cm³/mol. The number of hydrogen-bond donors (Lipinski definition) is 1. The topological polar surface area (TPSA) is 61.1 Å². The van der Waals surface area contributed by atoms with Gasteiger partial charge in [0.1, 0.15) is 11.6 Å². The highest BCUT2D eigenvalue weighted by atomic mass is 16.4. The quantitative estimate of drug-likeness (QED) is 0.334. The van der Waals surface area contributed by atoms with Gasteiger partial charge in [-0.15, -0.1) is 0 Å². The van der Waals surface area contributed by atoms with Crippen LogP contribution in [0.25, 0.3) is 0 Å². The normalized spacial score (nSPS) is 9.89. The molecule has 0 aliphatic carbocycles. The summed E-state index contributed by atoms with van der Waals surface area (Å²) >= 11 is 0. The fraction of sp³-hybridized carbons (Fsp3) is 0. The van der Waals surface area contributed by atoms with Gasteiger partial charge in [-0.2, -0.15) is 5.26 Å². The first-order valence-electron chi connectivity index (χ1n) is 2.18. The van der Waals surface area contributed by atoms with Crippen LogP contribution in [-0.4, -0.2) is 11.1 Å². The summed E-state index contributed by atoms with van der Waals surface area (Å²) in [4.78, 5) is 9.98. The zero-order valence-electron chi connectivity index (χ0n) is 4.66. The van der Waals surface area contributed by atoms with Crippen LogP contribution < -0.4 is 0 Å². The molecule has 0 rings (SSSR count). The Morgan fingerprint density at radius 3 is 2.44 bits per heavy atom. The summed E-state index contributed by atoms with van der Waals surface area (Å²) in [5.74, 6) is -1.22. The number of carbonyl (C=O) groups is 1. The van der Waals surface area contributed by atoms with E-state index in [1.165, 1.54) is 12.1 Å². The molecule has 0 unspecified atom stereocenters. The Kier molecular flexibility index (Phi) is 2.85. The first kappa shape index (κ1) is 7.44. The Hall–Kier alpha value is -1.56. The number of aliphatic carboxylic acids is 1. The van der Waals surface area contributed by atoms with Crippen LogP contribution in [0.3, 0.4) is 0 Å². The van der Waals surface area contributed by atoms with E-state index in [1.807, 2.05) is 0 Å². The first-order chi connectivity index (χ1) is 4.22. The lowest BCUT2D eigenvalue weighted by molar-refractivity contribution is -0.132. The zero-order chi connectivity index (χ0) is 7.28. The Morgan fingerprint density at radius 2 is 2.33 bits per heavy atom. The number of carboxylic acid groups (broad SMARTS) is 1. The van der Waals surface area contributed by atoms with E-state index in [0.717, 1.165) is 6.08 Å². The van der Waals surface area contributed by atoms with Gasteiger partial charge in [-0.25, -0.2) is 4.79 Å². The minimum atomic E-state index is -1.22. The maximum atomic E-state index is 9.98. The molecule has 0 aromatic heterocycles. The maximum absolute atomic E-state index is 9.98. The van der Waals surface area contributed by atoms with Gasteiger partial charge in [0.15, 0.2) is 0 Å². The van der Waals surface area contributed by atoms with Crippen molar-refractivity contribution in [3.8, 4) is 6.07 Å². The van der Waals surface area contributed by atoms with Crippen LogP contribution in [0.1, 0.15) is 0 Å². The number of nitriles is 1. The summed E-state index contributed by atoms with van der Waals surface area (Å²) in [6, 6.07) is 1.49. The number of allylic oxidation sites excluding steroid dienone is 2. The lowest BCUT2D eigenvalue weighted by atomic mass is 10.3. The van der Waals surface area contributed by atoms with Crippen molar-refractivity contribution in [1.29, 1.82) is 5.26 Å². The standard InChI is InChI=1S/C6H5NO2/c1-2-3-5(4-7)6(8)9/h2-3H,1H2,(H,8,9)/b5-3+. The molecule has 3 nitrogen and oxygen atoms in total. The van der Waals surface area contributed by atoms with E-state index in [-0.39, 0.29) is 5.57 Å². The monoisotopic (exact) mass is 123 g/mol. The average Bonchev–Trinajstić information content (AvgIpc) is 1.82. The van der Waals surface area contributed by atoms with Gasteiger partial charge in [0, 0.05) is 0 Å². The lowest BCUT2D eigenvalue weighted by Gasteiger charge is -1.81. The zero-order valence-corrected chi connectivity index (χ0v) is 4.66. The van der Waals surface area contributed by atoms with Gasteiger partial charge in [0.25, 0.3) is 0 Å². The van der Waals surface area contributed by atoms with E-state index in [4.69, 9.17) is 10.4 Å². The van der Waals surface area contributed by atoms with Crippen LogP contribution in [0, 0.1) is 11.3 Å². The molecule has 46 valence electrons. The molecule has 0 amide bonds. The van der Waals surface area contributed by atoms with Crippen LogP contribution >= 0.6 is 0 Å². The van der Waals surface area contributed by atoms with Crippen LogP contribution in [0.4, 0.5) is 0 Å². The van der Waals surface area contributed by atoms with Crippen LogP contribution in [0.5, 0.6) is 0 Å². The smallest absolute Gasteiger partial charge is 0.346 e. The Balaban J connectivity index is 4.38. The van der Waals surface area contributed by atoms with Crippen molar-refractivity contribution in [3.05, 3.63) is 24.3 Å². The molecule has 0 aromatic rings. The molecule has 9 heavy (non-hydrogen) atoms. The second-order valence-corrected chi connectivity index (χ2v) is 1.23. The molecule has 0 saturated carbocycles. The molecule has 0 aliphatic heterocycles. The van der Waals surface area contributed by atoms with Crippen molar-refractivity contribution >= 4 is 5.97 Å². The number of carboxylic acids is 1. The Bertz CT molecular complexity index is 198. The van der Waals surface area contributed by atoms with Gasteiger partial charge < -0.3 is 5.11 Å². The molecule has 3 heteroatoms. The fourth-order valence-corrected chi connectivity index (χ4v) is 0.274. The maximum Gasteiger partial charge on any atom is 0.346 e. The van der Waals surface area contributed by atoms with E-state index in [2.05, 4.69) is 6.58 Å². The second kappa shape index (κ2) is 3.44. The summed E-state index contributed by atoms with van der Waals surface area (Å²) in [6.07, 6.45) is 2.40. The van der Waals surface area contributed by atoms with Gasteiger partial charge in [-0.05, 0) is 6.08 Å². The number of rotatable bonds is 2. The molecule has 1 N–H and O–H groups in total. The number of hydrogen-bond acceptors (Lipinski definition) is 2. The van der Waals surface area contributed by atoms with E-state index < -0.39 is 5.97 Å². The largest absolute Gasteiger partial charge is 0.477 e. The van der Waals surface area contributed by atoms with Crippen molar-refractivity contribution in [2.24, 2.45) is 0 Å². The summed E-state index contributed by atoms with van der Waals surface area (Å²) < 4.78 is 0. The second-order valence-electron chi connectivity index (χ2n) is 1.23. The average molecular weight is 123 g/mol. The third-order valence-corrected chi connectivity index (χ3v) is 0.635. The molecular formula is C6H5NO2. The Morgan fingerprint density at radius 1 is 1.78 bits per heavy atom. The van der Waals surface area contributed by atoms with Crippen LogP contribution in [0.15, 0.2) is 24.3 Å². The molecule has 0 atom stereocenters. The van der Waals surface area contributed by atoms with Gasteiger partial charge in [0.2, 0.25) is 0 Å². The molecule has 0 heterocycles. The molecule has 0 radical (unpaired) electrons. The van der Waals surface area contributed by atoms with Crippen molar-refractivity contribution in [2.45, 2.75) is 0 Å². The molecule has 0 bridgehead atoms. The van der Waals surface area contributed by atoms with Gasteiger partial charge in [-0.3, -0.25) is 0 Å². The minimum absolute atomic E-state index is 0.301. The van der Waals surface area contributed by atoms with E-state index in [0.29, 0.717) is 0 Å². The van der Waals surface area contributed by atoms with E-state index >= 15 is 0 Å². The van der Waals surface area contributed by atoms with Crippen molar-refractivity contribution in [2.75, 3.05) is 0 Å². The van der Waals surface area contributed by atoms with Gasteiger partial charge in [0.05, 0.1) is 0 Å². The minimum Gasteiger partial charge on any atom is -0.477 e. The molecule has 0 aromatic carbocycles. The SMILES string of the molecule is C=C/C=C(\C#N)C(=O)O.